The molecule has 0 amide bonds. The summed E-state index contributed by atoms with van der Waals surface area (Å²) in [6.07, 6.45) is 15.8. The second-order valence-electron chi connectivity index (χ2n) is 11.9. The molecule has 1 aliphatic carbocycles. The molecule has 0 N–H and O–H groups in total. The molecule has 0 aromatic carbocycles. The van der Waals surface area contributed by atoms with Gasteiger partial charge < -0.3 is 9.16 Å². The van der Waals surface area contributed by atoms with Crippen LogP contribution in [0, 0.1) is 24.7 Å². The summed E-state index contributed by atoms with van der Waals surface area (Å²) in [5.41, 5.74) is 0. The van der Waals surface area contributed by atoms with Crippen molar-refractivity contribution in [1.82, 2.24) is 0 Å². The number of ketones is 1. The second-order valence-corrected chi connectivity index (χ2v) is 18.8. The molecule has 2 rings (SSSR count). The zero-order valence-electron chi connectivity index (χ0n) is 24.3. The highest BCUT2D eigenvalue weighted by Crippen LogP contribution is 2.40. The van der Waals surface area contributed by atoms with Crippen molar-refractivity contribution in [1.29, 1.82) is 0 Å². The van der Waals surface area contributed by atoms with Crippen molar-refractivity contribution in [2.24, 2.45) is 17.8 Å². The fourth-order valence-corrected chi connectivity index (χ4v) is 7.52. The predicted molar refractivity (Wildman–Crippen MR) is 166 cm³/mol. The van der Waals surface area contributed by atoms with Crippen LogP contribution in [-0.2, 0) is 25.2 Å². The van der Waals surface area contributed by atoms with E-state index in [0.717, 1.165) is 25.7 Å². The molecule has 7 heteroatoms. The maximum absolute atomic E-state index is 12.9. The van der Waals surface area contributed by atoms with E-state index in [2.05, 4.69) is 93.7 Å². The first-order valence-corrected chi connectivity index (χ1v) is 18.3. The number of unbranched alkanes of at least 4 members (excludes halogenated alkanes) is 1. The summed E-state index contributed by atoms with van der Waals surface area (Å²) < 4.78 is 12.8. The van der Waals surface area contributed by atoms with Crippen LogP contribution in [0.5, 0.6) is 0 Å². The lowest BCUT2D eigenvalue weighted by atomic mass is 9.86. The lowest BCUT2D eigenvalue weighted by Crippen LogP contribution is -2.43. The normalized spacial score (nSPS) is 21.5. The number of carbonyl (C=O) groups excluding carboxylic acids is 2. The summed E-state index contributed by atoms with van der Waals surface area (Å²) in [6, 6.07) is 2.23. The molecule has 212 valence electrons. The molecule has 1 fully saturated rings. The van der Waals surface area contributed by atoms with E-state index >= 15 is 0 Å². The minimum Gasteiger partial charge on any atom is -0.469 e. The topological polar surface area (TPSA) is 52.6 Å². The quantitative estimate of drug-likeness (QED) is 0.0899. The number of methoxy groups -OCH3 is 1. The summed E-state index contributed by atoms with van der Waals surface area (Å²) >= 11 is 5.49. The molecular formula is C31H47BrO4SSi. The molecule has 38 heavy (non-hydrogen) atoms. The van der Waals surface area contributed by atoms with Crippen LogP contribution in [0.25, 0.3) is 0 Å². The van der Waals surface area contributed by atoms with Gasteiger partial charge in [0.15, 0.2) is 8.32 Å². The summed E-state index contributed by atoms with van der Waals surface area (Å²) in [5, 5.41) is 0.121. The standard InChI is InChI=1S/C31H47BrO4SSi/c1-9-23-20-29(33)27(14-12-10-11-13-15-30(34)35-6)26(23)19-17-24(36-38(7,8)31(3,4)5)16-18-25-21-28(32)22(2)37-25/h9-10,12,17,19,21,23-24,26-27H,1,11,13-16,18,20H2,2-8H3/t23?,24-,26-,27+/m0/s1. The molecule has 1 aromatic heterocycles. The molecular weight excluding hydrogens is 576 g/mol. The Bertz CT molecular complexity index is 985. The lowest BCUT2D eigenvalue weighted by molar-refractivity contribution is -0.140. The number of esters is 1. The van der Waals surface area contributed by atoms with Crippen molar-refractivity contribution in [2.75, 3.05) is 7.11 Å². The Morgan fingerprint density at radius 3 is 2.61 bits per heavy atom. The monoisotopic (exact) mass is 622 g/mol. The van der Waals surface area contributed by atoms with Gasteiger partial charge >= 0.3 is 5.97 Å². The molecule has 0 saturated heterocycles. The Balaban J connectivity index is 2.15. The summed E-state index contributed by atoms with van der Waals surface area (Å²) in [6.45, 7) is 17.6. The summed E-state index contributed by atoms with van der Waals surface area (Å²) in [7, 11) is -0.563. The molecule has 1 aliphatic rings. The van der Waals surface area contributed by atoms with E-state index < -0.39 is 8.32 Å². The molecule has 0 spiro atoms. The zero-order valence-corrected chi connectivity index (χ0v) is 27.8. The van der Waals surface area contributed by atoms with Gasteiger partial charge in [0.2, 0.25) is 0 Å². The smallest absolute Gasteiger partial charge is 0.305 e. The molecule has 0 aliphatic heterocycles. The molecule has 1 heterocycles. The van der Waals surface area contributed by atoms with E-state index in [9.17, 15) is 9.59 Å². The largest absolute Gasteiger partial charge is 0.469 e. The minimum absolute atomic E-state index is 0.00718. The third-order valence-electron chi connectivity index (χ3n) is 8.03. The van der Waals surface area contributed by atoms with E-state index in [1.54, 1.807) is 0 Å². The van der Waals surface area contributed by atoms with Crippen LogP contribution >= 0.6 is 27.3 Å². The Labute approximate surface area is 244 Å². The number of thiophene rings is 1. The highest BCUT2D eigenvalue weighted by Gasteiger charge is 2.40. The highest BCUT2D eigenvalue weighted by atomic mass is 79.9. The van der Waals surface area contributed by atoms with Gasteiger partial charge in [0.05, 0.1) is 13.2 Å². The first-order chi connectivity index (χ1) is 17.8. The molecule has 0 radical (unpaired) electrons. The molecule has 4 nitrogen and oxygen atoms in total. The number of allylic oxidation sites excluding steroid dienone is 4. The molecule has 0 bridgehead atoms. The minimum atomic E-state index is -1.98. The highest BCUT2D eigenvalue weighted by molar-refractivity contribution is 9.10. The zero-order chi connectivity index (χ0) is 28.5. The van der Waals surface area contributed by atoms with Gasteiger partial charge in [-0.25, -0.2) is 0 Å². The van der Waals surface area contributed by atoms with Crippen LogP contribution < -0.4 is 0 Å². The van der Waals surface area contributed by atoms with E-state index in [0.29, 0.717) is 25.0 Å². The number of ether oxygens (including phenoxy) is 1. The number of hydrogen-bond acceptors (Lipinski definition) is 5. The van der Waals surface area contributed by atoms with Gasteiger partial charge in [0.25, 0.3) is 0 Å². The fourth-order valence-electron chi connectivity index (χ4n) is 4.59. The predicted octanol–water partition coefficient (Wildman–Crippen LogP) is 9.00. The first kappa shape index (κ1) is 32.9. The summed E-state index contributed by atoms with van der Waals surface area (Å²) in [5.74, 6) is 0.365. The van der Waals surface area contributed by atoms with Crippen LogP contribution in [0.3, 0.4) is 0 Å². The Morgan fingerprint density at radius 2 is 2.03 bits per heavy atom. The van der Waals surface area contributed by atoms with Gasteiger partial charge in [-0.15, -0.1) is 17.9 Å². The molecule has 1 saturated carbocycles. The number of hydrogen-bond donors (Lipinski definition) is 0. The van der Waals surface area contributed by atoms with Gasteiger partial charge in [-0.3, -0.25) is 9.59 Å². The Kier molecular flexibility index (Phi) is 12.9. The van der Waals surface area contributed by atoms with Crippen molar-refractivity contribution in [3.8, 4) is 0 Å². The fraction of sp³-hybridized carbons (Fsp3) is 0.613. The Hall–Kier alpha value is -1.28. The van der Waals surface area contributed by atoms with E-state index in [1.807, 2.05) is 17.4 Å². The van der Waals surface area contributed by atoms with Gasteiger partial charge in [-0.05, 0) is 91.0 Å². The number of aryl methyl sites for hydroxylation is 2. The number of carbonyl (C=O) groups is 2. The van der Waals surface area contributed by atoms with Crippen molar-refractivity contribution < 1.29 is 18.8 Å². The van der Waals surface area contributed by atoms with Crippen molar-refractivity contribution in [3.63, 3.8) is 0 Å². The van der Waals surface area contributed by atoms with Crippen LogP contribution in [0.15, 0.2) is 47.5 Å². The van der Waals surface area contributed by atoms with Crippen molar-refractivity contribution >= 4 is 47.3 Å². The van der Waals surface area contributed by atoms with Gasteiger partial charge in [0.1, 0.15) is 5.78 Å². The van der Waals surface area contributed by atoms with Crippen LogP contribution in [0.1, 0.15) is 69.1 Å². The van der Waals surface area contributed by atoms with Gasteiger partial charge in [-0.2, -0.15) is 0 Å². The van der Waals surface area contributed by atoms with Gasteiger partial charge in [0, 0.05) is 33.0 Å². The third kappa shape index (κ3) is 9.72. The van der Waals surface area contributed by atoms with Crippen LogP contribution in [0.2, 0.25) is 18.1 Å². The third-order valence-corrected chi connectivity index (χ3v) is 14.7. The molecule has 1 unspecified atom stereocenters. The lowest BCUT2D eigenvalue weighted by Gasteiger charge is -2.38. The maximum atomic E-state index is 12.9. The van der Waals surface area contributed by atoms with Crippen LogP contribution in [-0.4, -0.2) is 33.3 Å². The van der Waals surface area contributed by atoms with Gasteiger partial charge in [-0.1, -0.05) is 51.2 Å². The van der Waals surface area contributed by atoms with E-state index in [4.69, 9.17) is 9.16 Å². The average molecular weight is 624 g/mol. The van der Waals surface area contributed by atoms with Crippen molar-refractivity contribution in [2.45, 2.75) is 96.9 Å². The Morgan fingerprint density at radius 1 is 1.32 bits per heavy atom. The first-order valence-electron chi connectivity index (χ1n) is 13.8. The molecule has 4 atom stereocenters. The molecule has 1 aromatic rings. The average Bonchev–Trinajstić information content (AvgIpc) is 3.33. The van der Waals surface area contributed by atoms with Crippen LogP contribution in [0.4, 0.5) is 0 Å². The SMILES string of the molecule is C=CC1CC(=O)[C@H](CC=CCCCC(=O)OC)[C@H]1C=C[C@H](CCc1cc(Br)c(C)s1)O[Si](C)(C)C(C)(C)C. The number of rotatable bonds is 14. The number of Topliss-reactive ketones (excluding diaryl/α,β-unsaturated/α-hetero) is 1. The second kappa shape index (κ2) is 14.9. The summed E-state index contributed by atoms with van der Waals surface area (Å²) in [4.78, 5) is 26.9. The van der Waals surface area contributed by atoms with E-state index in [-0.39, 0.29) is 34.9 Å². The maximum Gasteiger partial charge on any atom is 0.305 e. The van der Waals surface area contributed by atoms with Crippen molar-refractivity contribution in [3.05, 3.63) is 57.3 Å². The number of halogens is 1. The van der Waals surface area contributed by atoms with E-state index in [1.165, 1.54) is 21.3 Å².